The molecule has 0 bridgehead atoms. The third-order valence-electron chi connectivity index (χ3n) is 1.93. The first kappa shape index (κ1) is 11.5. The van der Waals surface area contributed by atoms with Crippen molar-refractivity contribution in [3.05, 3.63) is 34.2 Å². The Hall–Kier alpha value is -1.59. The predicted molar refractivity (Wildman–Crippen MR) is 56.1 cm³/mol. The molecule has 5 heteroatoms. The monoisotopic (exact) mass is 208 g/mol. The maximum absolute atomic E-state index is 10.6. The molecule has 80 valence electrons. The molecule has 0 aliphatic heterocycles. The second-order valence-corrected chi connectivity index (χ2v) is 3.00. The summed E-state index contributed by atoms with van der Waals surface area (Å²) in [5, 5.41) is 14.3. The number of rotatable bonds is 6. The van der Waals surface area contributed by atoms with E-state index in [9.17, 15) is 9.70 Å². The van der Waals surface area contributed by atoms with Gasteiger partial charge in [-0.1, -0.05) is 6.07 Å². The second kappa shape index (κ2) is 6.00. The molecular formula is C10H12N2O3. The van der Waals surface area contributed by atoms with Gasteiger partial charge >= 0.3 is 0 Å². The Morgan fingerprint density at radius 3 is 2.87 bits per heavy atom. The number of nitroso groups, excluding NO2 is 1. The summed E-state index contributed by atoms with van der Waals surface area (Å²) in [7, 11) is 0. The summed E-state index contributed by atoms with van der Waals surface area (Å²) in [6, 6.07) is 4.83. The van der Waals surface area contributed by atoms with Crippen LogP contribution in [0, 0.1) is 4.91 Å². The van der Waals surface area contributed by atoms with Crippen molar-refractivity contribution in [1.82, 2.24) is 5.32 Å². The number of aliphatic hydroxyl groups excluding tert-OH is 1. The van der Waals surface area contributed by atoms with E-state index < -0.39 is 0 Å². The van der Waals surface area contributed by atoms with E-state index in [1.165, 1.54) is 6.07 Å². The zero-order valence-electron chi connectivity index (χ0n) is 8.14. The maximum Gasteiger partial charge on any atom is 0.152 e. The van der Waals surface area contributed by atoms with Gasteiger partial charge in [0.2, 0.25) is 0 Å². The molecule has 0 aliphatic rings. The van der Waals surface area contributed by atoms with Gasteiger partial charge in [-0.15, -0.1) is 4.91 Å². The average molecular weight is 208 g/mol. The van der Waals surface area contributed by atoms with Gasteiger partial charge in [0.15, 0.2) is 6.29 Å². The summed E-state index contributed by atoms with van der Waals surface area (Å²) in [4.78, 5) is 20.9. The Morgan fingerprint density at radius 1 is 1.47 bits per heavy atom. The molecule has 2 N–H and O–H groups in total. The Labute approximate surface area is 87.1 Å². The second-order valence-electron chi connectivity index (χ2n) is 3.00. The smallest absolute Gasteiger partial charge is 0.152 e. The van der Waals surface area contributed by atoms with Gasteiger partial charge in [0.1, 0.15) is 5.69 Å². The zero-order valence-corrected chi connectivity index (χ0v) is 8.14. The molecule has 0 fully saturated rings. The van der Waals surface area contributed by atoms with E-state index in [-0.39, 0.29) is 17.9 Å². The SMILES string of the molecule is O=Cc1cc(CNCCO)ccc1N=O. The van der Waals surface area contributed by atoms with Crippen LogP contribution in [0.1, 0.15) is 15.9 Å². The fourth-order valence-electron chi connectivity index (χ4n) is 1.20. The van der Waals surface area contributed by atoms with E-state index in [4.69, 9.17) is 5.11 Å². The van der Waals surface area contributed by atoms with Crippen LogP contribution >= 0.6 is 0 Å². The molecule has 0 aliphatic carbocycles. The van der Waals surface area contributed by atoms with Crippen molar-refractivity contribution >= 4 is 12.0 Å². The highest BCUT2D eigenvalue weighted by Crippen LogP contribution is 2.18. The normalized spacial score (nSPS) is 9.93. The highest BCUT2D eigenvalue weighted by Gasteiger charge is 2.02. The fraction of sp³-hybridized carbons (Fsp3) is 0.300. The van der Waals surface area contributed by atoms with E-state index in [2.05, 4.69) is 10.5 Å². The zero-order chi connectivity index (χ0) is 11.1. The molecule has 0 amide bonds. The number of carbonyl (C=O) groups is 1. The quantitative estimate of drug-likeness (QED) is 0.415. The van der Waals surface area contributed by atoms with Crippen molar-refractivity contribution in [1.29, 1.82) is 0 Å². The predicted octanol–water partition coefficient (Wildman–Crippen LogP) is 0.979. The molecule has 0 radical (unpaired) electrons. The number of carbonyl (C=O) groups excluding carboxylic acids is 1. The Balaban J connectivity index is 2.74. The lowest BCUT2D eigenvalue weighted by atomic mass is 10.1. The summed E-state index contributed by atoms with van der Waals surface area (Å²) in [6.07, 6.45) is 0.603. The Kier molecular flexibility index (Phi) is 4.59. The largest absolute Gasteiger partial charge is 0.395 e. The summed E-state index contributed by atoms with van der Waals surface area (Å²) in [5.41, 5.74) is 1.31. The number of nitrogens with one attached hydrogen (secondary N) is 1. The van der Waals surface area contributed by atoms with E-state index in [1.807, 2.05) is 0 Å². The minimum absolute atomic E-state index is 0.0640. The molecule has 5 nitrogen and oxygen atoms in total. The summed E-state index contributed by atoms with van der Waals surface area (Å²) >= 11 is 0. The minimum atomic E-state index is 0.0640. The lowest BCUT2D eigenvalue weighted by Gasteiger charge is -2.04. The van der Waals surface area contributed by atoms with Crippen LogP contribution < -0.4 is 5.32 Å². The summed E-state index contributed by atoms with van der Waals surface area (Å²) in [6.45, 7) is 1.10. The number of aliphatic hydroxyl groups is 1. The van der Waals surface area contributed by atoms with Gasteiger partial charge < -0.3 is 10.4 Å². The van der Waals surface area contributed by atoms with Crippen LogP contribution in [0.5, 0.6) is 0 Å². The first-order valence-electron chi connectivity index (χ1n) is 4.55. The number of benzene rings is 1. The Morgan fingerprint density at radius 2 is 2.27 bits per heavy atom. The third-order valence-corrected chi connectivity index (χ3v) is 1.93. The van der Waals surface area contributed by atoms with Gasteiger partial charge in [0, 0.05) is 18.7 Å². The van der Waals surface area contributed by atoms with E-state index in [0.29, 0.717) is 19.4 Å². The molecular weight excluding hydrogens is 196 g/mol. The van der Waals surface area contributed by atoms with Crippen LogP contribution in [0.25, 0.3) is 0 Å². The van der Waals surface area contributed by atoms with E-state index in [1.54, 1.807) is 12.1 Å². The van der Waals surface area contributed by atoms with Crippen LogP contribution in [-0.4, -0.2) is 24.5 Å². The van der Waals surface area contributed by atoms with E-state index in [0.717, 1.165) is 5.56 Å². The van der Waals surface area contributed by atoms with Crippen LogP contribution in [0.3, 0.4) is 0 Å². The van der Waals surface area contributed by atoms with Crippen LogP contribution in [0.2, 0.25) is 0 Å². The molecule has 0 saturated carbocycles. The number of hydrogen-bond donors (Lipinski definition) is 2. The summed E-state index contributed by atoms with van der Waals surface area (Å²) < 4.78 is 0. The lowest BCUT2D eigenvalue weighted by Crippen LogP contribution is -2.17. The first-order chi connectivity index (χ1) is 7.31. The molecule has 1 aromatic carbocycles. The van der Waals surface area contributed by atoms with Crippen molar-refractivity contribution in [2.45, 2.75) is 6.54 Å². The first-order valence-corrected chi connectivity index (χ1v) is 4.55. The van der Waals surface area contributed by atoms with Gasteiger partial charge in [-0.3, -0.25) is 4.79 Å². The fourth-order valence-corrected chi connectivity index (χ4v) is 1.20. The van der Waals surface area contributed by atoms with Crippen molar-refractivity contribution in [2.75, 3.05) is 13.2 Å². The number of nitrogens with zero attached hydrogens (tertiary/aromatic N) is 1. The molecule has 1 aromatic rings. The minimum Gasteiger partial charge on any atom is -0.395 e. The molecule has 1 rings (SSSR count). The standard InChI is InChI=1S/C10H12N2O3/c13-4-3-11-6-8-1-2-10(12-15)9(5-8)7-14/h1-2,5,7,11,13H,3-4,6H2. The number of aldehydes is 1. The lowest BCUT2D eigenvalue weighted by molar-refractivity contribution is 0.112. The molecule has 15 heavy (non-hydrogen) atoms. The van der Waals surface area contributed by atoms with Crippen molar-refractivity contribution in [3.8, 4) is 0 Å². The van der Waals surface area contributed by atoms with Gasteiger partial charge in [0.25, 0.3) is 0 Å². The van der Waals surface area contributed by atoms with Gasteiger partial charge in [-0.2, -0.15) is 0 Å². The summed E-state index contributed by atoms with van der Waals surface area (Å²) in [5.74, 6) is 0. The molecule has 0 heterocycles. The maximum atomic E-state index is 10.6. The van der Waals surface area contributed by atoms with Crippen LogP contribution in [0.4, 0.5) is 5.69 Å². The van der Waals surface area contributed by atoms with Gasteiger partial charge in [-0.05, 0) is 22.9 Å². The topological polar surface area (TPSA) is 78.8 Å². The van der Waals surface area contributed by atoms with E-state index >= 15 is 0 Å². The van der Waals surface area contributed by atoms with Gasteiger partial charge in [0.05, 0.1) is 6.61 Å². The molecule has 0 unspecified atom stereocenters. The molecule has 0 spiro atoms. The van der Waals surface area contributed by atoms with Gasteiger partial charge in [-0.25, -0.2) is 0 Å². The van der Waals surface area contributed by atoms with Crippen LogP contribution in [-0.2, 0) is 6.54 Å². The van der Waals surface area contributed by atoms with Crippen molar-refractivity contribution in [2.24, 2.45) is 5.18 Å². The van der Waals surface area contributed by atoms with Crippen LogP contribution in [0.15, 0.2) is 23.4 Å². The molecule has 0 atom stereocenters. The third kappa shape index (κ3) is 3.23. The number of hydrogen-bond acceptors (Lipinski definition) is 5. The molecule has 0 saturated heterocycles. The average Bonchev–Trinajstić information content (AvgIpc) is 2.29. The van der Waals surface area contributed by atoms with Crippen molar-refractivity contribution in [3.63, 3.8) is 0 Å². The highest BCUT2D eigenvalue weighted by atomic mass is 16.3. The molecule has 0 aromatic heterocycles. The Bertz CT molecular complexity index is 353. The highest BCUT2D eigenvalue weighted by molar-refractivity contribution is 5.83. The van der Waals surface area contributed by atoms with Crippen molar-refractivity contribution < 1.29 is 9.90 Å².